The molecule has 0 bridgehead atoms. The quantitative estimate of drug-likeness (QED) is 0.230. The standard InChI is InChI=1S/C39H49N7O9S/c1-5-24-16-23(2)8-6-7-9-25-20-39(25,36(49)44-56(52,53)38(3)12-13-38)43-34(47)31-18-27(21-46(31)35(48)33(24)42-37(50)51)55-32-19-30(45-15-14-40-22-45)28-11-10-26(54-4)17-29(28)41-32/h7,9-11,14-15,17,19,22-25,27,31,33,42H,5-6,8,12-13,16,18,20-21H2,1-4H3,(H,43,47)(H,44,49)(H,50,51)/b9-7-/t23-,24-,25-,27-,31+,33+,39-/m1/s1. The zero-order valence-corrected chi connectivity index (χ0v) is 32.8. The first kappa shape index (κ1) is 39.1. The summed E-state index contributed by atoms with van der Waals surface area (Å²) in [6.45, 7) is 5.44. The Balaban J connectivity index is 1.24. The van der Waals surface area contributed by atoms with Gasteiger partial charge in [0.2, 0.25) is 27.7 Å². The van der Waals surface area contributed by atoms with Gasteiger partial charge in [0.25, 0.3) is 5.91 Å². The Bertz CT molecular complexity index is 2160. The van der Waals surface area contributed by atoms with Crippen LogP contribution in [0.25, 0.3) is 16.6 Å². The highest BCUT2D eigenvalue weighted by molar-refractivity contribution is 7.91. The molecular weight excluding hydrogens is 743 g/mol. The number of allylic oxidation sites excluding steroid dienone is 1. The largest absolute Gasteiger partial charge is 0.497 e. The molecule has 0 unspecified atom stereocenters. The van der Waals surface area contributed by atoms with E-state index in [1.165, 1.54) is 4.90 Å². The van der Waals surface area contributed by atoms with Crippen LogP contribution in [0.5, 0.6) is 11.6 Å². The van der Waals surface area contributed by atoms with Crippen LogP contribution in [0, 0.1) is 17.8 Å². The minimum Gasteiger partial charge on any atom is -0.497 e. The molecule has 3 fully saturated rings. The van der Waals surface area contributed by atoms with Crippen molar-refractivity contribution in [1.82, 2.24) is 34.8 Å². The first-order chi connectivity index (χ1) is 26.7. The third-order valence-electron chi connectivity index (χ3n) is 11.9. The summed E-state index contributed by atoms with van der Waals surface area (Å²) in [6.07, 6.45) is 10.1. The second-order valence-electron chi connectivity index (χ2n) is 15.9. The van der Waals surface area contributed by atoms with Gasteiger partial charge in [-0.2, -0.15) is 0 Å². The van der Waals surface area contributed by atoms with Gasteiger partial charge in [0, 0.05) is 42.3 Å². The van der Waals surface area contributed by atoms with Crippen LogP contribution in [0.2, 0.25) is 0 Å². The lowest BCUT2D eigenvalue weighted by molar-refractivity contribution is -0.142. The number of imidazole rings is 1. The van der Waals surface area contributed by atoms with Gasteiger partial charge in [0.05, 0.1) is 35.9 Å². The number of sulfonamides is 1. The number of rotatable bonds is 9. The average molecular weight is 792 g/mol. The fourth-order valence-electron chi connectivity index (χ4n) is 8.09. The number of hydrogen-bond donors (Lipinski definition) is 4. The highest BCUT2D eigenvalue weighted by atomic mass is 32.2. The number of aromatic nitrogens is 3. The molecule has 2 saturated carbocycles. The monoisotopic (exact) mass is 791 g/mol. The van der Waals surface area contributed by atoms with Gasteiger partial charge in [-0.15, -0.1) is 0 Å². The Labute approximate surface area is 325 Å². The number of hydrogen-bond acceptors (Lipinski definition) is 10. The van der Waals surface area contributed by atoms with E-state index in [0.29, 0.717) is 49.1 Å². The number of nitrogens with zero attached hydrogens (tertiary/aromatic N) is 4. The summed E-state index contributed by atoms with van der Waals surface area (Å²) in [4.78, 5) is 65.5. The van der Waals surface area contributed by atoms with Crippen molar-refractivity contribution in [2.45, 2.75) is 101 Å². The van der Waals surface area contributed by atoms with E-state index in [4.69, 9.17) is 14.5 Å². The van der Waals surface area contributed by atoms with Crippen molar-refractivity contribution >= 4 is 44.7 Å². The second kappa shape index (κ2) is 15.0. The number of methoxy groups -OCH3 is 1. The van der Waals surface area contributed by atoms with Crippen LogP contribution in [-0.2, 0) is 24.4 Å². The Hall–Kier alpha value is -5.19. The fraction of sp³-hybridized carbons (Fsp3) is 0.538. The predicted octanol–water partition coefficient (Wildman–Crippen LogP) is 3.69. The summed E-state index contributed by atoms with van der Waals surface area (Å²) in [5.41, 5.74) is -0.281. The van der Waals surface area contributed by atoms with Gasteiger partial charge in [-0.25, -0.2) is 23.2 Å². The zero-order chi connectivity index (χ0) is 40.0. The van der Waals surface area contributed by atoms with Gasteiger partial charge in [-0.05, 0) is 69.4 Å². The molecule has 4 heterocycles. The Morgan fingerprint density at radius 1 is 1.16 bits per heavy atom. The summed E-state index contributed by atoms with van der Waals surface area (Å²) < 4.78 is 41.3. The molecule has 17 heteroatoms. The van der Waals surface area contributed by atoms with Crippen LogP contribution in [0.1, 0.15) is 72.1 Å². The predicted molar refractivity (Wildman–Crippen MR) is 205 cm³/mol. The average Bonchev–Trinajstić information content (AvgIpc) is 3.91. The molecule has 2 aromatic heterocycles. The van der Waals surface area contributed by atoms with Crippen molar-refractivity contribution in [2.75, 3.05) is 13.7 Å². The maximum Gasteiger partial charge on any atom is 0.405 e. The molecule has 4 amide bonds. The highest BCUT2D eigenvalue weighted by Crippen LogP contribution is 2.47. The third kappa shape index (κ3) is 7.64. The molecule has 1 aromatic carbocycles. The van der Waals surface area contributed by atoms with E-state index < -0.39 is 68.2 Å². The normalized spacial score (nSPS) is 29.5. The lowest BCUT2D eigenvalue weighted by Crippen LogP contribution is -2.59. The third-order valence-corrected chi connectivity index (χ3v) is 14.1. The molecule has 0 radical (unpaired) electrons. The topological polar surface area (TPSA) is 211 Å². The lowest BCUT2D eigenvalue weighted by atomic mass is 9.85. The zero-order valence-electron chi connectivity index (χ0n) is 31.9. The summed E-state index contributed by atoms with van der Waals surface area (Å²) in [5, 5.41) is 16.0. The summed E-state index contributed by atoms with van der Waals surface area (Å²) >= 11 is 0. The van der Waals surface area contributed by atoms with E-state index in [9.17, 15) is 32.7 Å². The molecule has 7 rings (SSSR count). The highest BCUT2D eigenvalue weighted by Gasteiger charge is 2.63. The van der Waals surface area contributed by atoms with E-state index in [2.05, 4.69) is 20.3 Å². The molecule has 2 aliphatic heterocycles. The maximum atomic E-state index is 14.6. The molecule has 7 atom stereocenters. The lowest BCUT2D eigenvalue weighted by Gasteiger charge is -2.33. The van der Waals surface area contributed by atoms with Crippen LogP contribution in [-0.4, -0.2) is 98.9 Å². The van der Waals surface area contributed by atoms with Gasteiger partial charge >= 0.3 is 6.09 Å². The Kier molecular flexibility index (Phi) is 10.5. The molecular formula is C39H49N7O9S. The van der Waals surface area contributed by atoms with Crippen molar-refractivity contribution in [3.8, 4) is 17.3 Å². The minimum absolute atomic E-state index is 0.0165. The summed E-state index contributed by atoms with van der Waals surface area (Å²) in [5.74, 6) is -2.04. The van der Waals surface area contributed by atoms with E-state index in [0.717, 1.165) is 11.8 Å². The Morgan fingerprint density at radius 3 is 2.62 bits per heavy atom. The number of nitrogens with one attached hydrogen (secondary N) is 3. The number of carbonyl (C=O) groups is 4. The van der Waals surface area contributed by atoms with Gasteiger partial charge in [0.15, 0.2) is 0 Å². The SMILES string of the molecule is CC[C@@H]1C[C@H](C)CC/C=C\[C@@H]2C[C@@]2(C(=O)NS(=O)(=O)C2(C)CC2)NC(=O)[C@@H]2C[C@@H](Oc3cc(-n4ccnc4)c4ccc(OC)cc4n3)CN2C(=O)[C@H]1NC(=O)O. The van der Waals surface area contributed by atoms with Crippen molar-refractivity contribution in [1.29, 1.82) is 0 Å². The van der Waals surface area contributed by atoms with Crippen LogP contribution in [0.15, 0.2) is 55.1 Å². The number of ether oxygens (including phenoxy) is 2. The maximum absolute atomic E-state index is 14.6. The minimum atomic E-state index is -4.02. The molecule has 4 N–H and O–H groups in total. The van der Waals surface area contributed by atoms with Crippen molar-refractivity contribution in [3.05, 3.63) is 55.1 Å². The number of carbonyl (C=O) groups excluding carboxylic acids is 3. The van der Waals surface area contributed by atoms with Gasteiger partial charge in [-0.1, -0.05) is 32.4 Å². The molecule has 56 heavy (non-hydrogen) atoms. The molecule has 4 aliphatic rings. The number of benzene rings is 1. The smallest absolute Gasteiger partial charge is 0.405 e. The fourth-order valence-corrected chi connectivity index (χ4v) is 9.40. The van der Waals surface area contributed by atoms with Gasteiger partial charge < -0.3 is 34.7 Å². The van der Waals surface area contributed by atoms with E-state index in [1.54, 1.807) is 44.9 Å². The van der Waals surface area contributed by atoms with Crippen LogP contribution in [0.4, 0.5) is 4.79 Å². The van der Waals surface area contributed by atoms with E-state index >= 15 is 0 Å². The number of amides is 4. The van der Waals surface area contributed by atoms with Crippen LogP contribution in [0.3, 0.4) is 0 Å². The number of carboxylic acid groups (broad SMARTS) is 1. The van der Waals surface area contributed by atoms with Gasteiger partial charge in [0.1, 0.15) is 29.5 Å². The first-order valence-electron chi connectivity index (χ1n) is 19.2. The number of pyridine rings is 1. The van der Waals surface area contributed by atoms with Crippen molar-refractivity contribution in [2.24, 2.45) is 17.8 Å². The molecule has 0 spiro atoms. The van der Waals surface area contributed by atoms with Crippen molar-refractivity contribution < 1.29 is 42.2 Å². The summed E-state index contributed by atoms with van der Waals surface area (Å²) in [7, 11) is -2.47. The molecule has 1 saturated heterocycles. The molecule has 300 valence electrons. The van der Waals surface area contributed by atoms with E-state index in [-0.39, 0.29) is 37.1 Å². The van der Waals surface area contributed by atoms with Gasteiger partial charge in [-0.3, -0.25) is 19.1 Å². The second-order valence-corrected chi connectivity index (χ2v) is 18.1. The first-order valence-corrected chi connectivity index (χ1v) is 20.6. The van der Waals surface area contributed by atoms with Crippen LogP contribution >= 0.6 is 0 Å². The Morgan fingerprint density at radius 2 is 1.95 bits per heavy atom. The van der Waals surface area contributed by atoms with Crippen molar-refractivity contribution in [3.63, 3.8) is 0 Å². The molecule has 2 aliphatic carbocycles. The summed E-state index contributed by atoms with van der Waals surface area (Å²) in [6, 6.07) is 4.84. The molecule has 16 nitrogen and oxygen atoms in total. The number of fused-ring (bicyclic) bond motifs is 3. The van der Waals surface area contributed by atoms with Crippen LogP contribution < -0.4 is 24.8 Å². The molecule has 3 aromatic rings. The van der Waals surface area contributed by atoms with E-state index in [1.807, 2.05) is 42.7 Å².